The standard InChI is InChI=1S/C12H18N2OS/c1-8-7-11(10(3)16-8)9(2)14-6-4-5-13-12(14)15/h7,9H,4-6H2,1-3H3,(H,13,15). The summed E-state index contributed by atoms with van der Waals surface area (Å²) in [6, 6.07) is 2.46. The second-order valence-electron chi connectivity index (χ2n) is 4.32. The van der Waals surface area contributed by atoms with E-state index in [1.165, 1.54) is 15.3 Å². The van der Waals surface area contributed by atoms with E-state index < -0.39 is 0 Å². The lowest BCUT2D eigenvalue weighted by atomic mass is 10.1. The van der Waals surface area contributed by atoms with Crippen LogP contribution in [0.25, 0.3) is 0 Å². The minimum atomic E-state index is 0.0713. The van der Waals surface area contributed by atoms with Gasteiger partial charge in [-0.15, -0.1) is 11.3 Å². The van der Waals surface area contributed by atoms with Crippen LogP contribution in [-0.4, -0.2) is 24.0 Å². The molecule has 3 nitrogen and oxygen atoms in total. The average Bonchev–Trinajstić information content (AvgIpc) is 2.58. The molecule has 0 saturated carbocycles. The topological polar surface area (TPSA) is 32.3 Å². The lowest BCUT2D eigenvalue weighted by molar-refractivity contribution is 0.166. The number of urea groups is 1. The van der Waals surface area contributed by atoms with Gasteiger partial charge in [-0.3, -0.25) is 0 Å². The largest absolute Gasteiger partial charge is 0.338 e. The molecular formula is C12H18N2OS. The van der Waals surface area contributed by atoms with E-state index in [1.807, 2.05) is 4.90 Å². The summed E-state index contributed by atoms with van der Waals surface area (Å²) in [6.45, 7) is 8.03. The van der Waals surface area contributed by atoms with Crippen molar-refractivity contribution in [2.45, 2.75) is 33.2 Å². The molecule has 16 heavy (non-hydrogen) atoms. The van der Waals surface area contributed by atoms with Gasteiger partial charge in [0.1, 0.15) is 0 Å². The van der Waals surface area contributed by atoms with E-state index in [0.29, 0.717) is 0 Å². The van der Waals surface area contributed by atoms with Crippen molar-refractivity contribution in [1.29, 1.82) is 0 Å². The van der Waals surface area contributed by atoms with E-state index in [4.69, 9.17) is 0 Å². The molecule has 1 saturated heterocycles. The van der Waals surface area contributed by atoms with Gasteiger partial charge in [-0.05, 0) is 38.8 Å². The van der Waals surface area contributed by atoms with Crippen molar-refractivity contribution in [2.75, 3.05) is 13.1 Å². The van der Waals surface area contributed by atoms with Crippen LogP contribution >= 0.6 is 11.3 Å². The number of aryl methyl sites for hydroxylation is 2. The minimum Gasteiger partial charge on any atom is -0.338 e. The number of hydrogen-bond donors (Lipinski definition) is 1. The molecule has 1 aliphatic rings. The van der Waals surface area contributed by atoms with Crippen LogP contribution in [-0.2, 0) is 0 Å². The molecule has 2 amide bonds. The predicted molar refractivity (Wildman–Crippen MR) is 66.9 cm³/mol. The molecule has 1 fully saturated rings. The SMILES string of the molecule is Cc1cc(C(C)N2CCCNC2=O)c(C)s1. The highest BCUT2D eigenvalue weighted by Gasteiger charge is 2.25. The molecule has 88 valence electrons. The van der Waals surface area contributed by atoms with Gasteiger partial charge < -0.3 is 10.2 Å². The summed E-state index contributed by atoms with van der Waals surface area (Å²) in [7, 11) is 0. The maximum Gasteiger partial charge on any atom is 0.317 e. The molecule has 0 spiro atoms. The van der Waals surface area contributed by atoms with Crippen molar-refractivity contribution in [3.63, 3.8) is 0 Å². The van der Waals surface area contributed by atoms with Gasteiger partial charge in [0.15, 0.2) is 0 Å². The van der Waals surface area contributed by atoms with E-state index in [2.05, 4.69) is 32.2 Å². The Bertz CT molecular complexity index is 400. The van der Waals surface area contributed by atoms with E-state index in [-0.39, 0.29) is 12.1 Å². The van der Waals surface area contributed by atoms with Crippen LogP contribution in [0.1, 0.15) is 34.7 Å². The average molecular weight is 238 g/mol. The zero-order valence-corrected chi connectivity index (χ0v) is 10.9. The summed E-state index contributed by atoms with van der Waals surface area (Å²) in [4.78, 5) is 16.3. The number of thiophene rings is 1. The molecule has 2 heterocycles. The number of nitrogens with zero attached hydrogens (tertiary/aromatic N) is 1. The maximum atomic E-state index is 11.7. The fraction of sp³-hybridized carbons (Fsp3) is 0.583. The summed E-state index contributed by atoms with van der Waals surface area (Å²) >= 11 is 1.80. The van der Waals surface area contributed by atoms with Crippen molar-refractivity contribution in [2.24, 2.45) is 0 Å². The van der Waals surface area contributed by atoms with Crippen molar-refractivity contribution in [1.82, 2.24) is 10.2 Å². The summed E-state index contributed by atoms with van der Waals surface area (Å²) in [5, 5.41) is 2.90. The fourth-order valence-electron chi connectivity index (χ4n) is 2.25. The molecule has 0 radical (unpaired) electrons. The van der Waals surface area contributed by atoms with Gasteiger partial charge in [-0.25, -0.2) is 4.79 Å². The van der Waals surface area contributed by atoms with Crippen LogP contribution in [0.5, 0.6) is 0 Å². The van der Waals surface area contributed by atoms with Crippen LogP contribution in [0.2, 0.25) is 0 Å². The van der Waals surface area contributed by atoms with Crippen molar-refractivity contribution in [3.8, 4) is 0 Å². The Morgan fingerprint density at radius 1 is 1.50 bits per heavy atom. The first-order chi connectivity index (χ1) is 7.59. The Morgan fingerprint density at radius 2 is 2.25 bits per heavy atom. The van der Waals surface area contributed by atoms with Crippen molar-refractivity contribution < 1.29 is 4.79 Å². The highest BCUT2D eigenvalue weighted by molar-refractivity contribution is 7.12. The summed E-state index contributed by atoms with van der Waals surface area (Å²) in [5.74, 6) is 0. The zero-order chi connectivity index (χ0) is 11.7. The fourth-order valence-corrected chi connectivity index (χ4v) is 3.27. The molecule has 4 heteroatoms. The second kappa shape index (κ2) is 4.45. The van der Waals surface area contributed by atoms with Gasteiger partial charge >= 0.3 is 6.03 Å². The third-order valence-corrected chi connectivity index (χ3v) is 4.09. The minimum absolute atomic E-state index is 0.0713. The molecule has 1 N–H and O–H groups in total. The molecule has 1 aromatic heterocycles. The van der Waals surface area contributed by atoms with Crippen LogP contribution in [0.15, 0.2) is 6.07 Å². The van der Waals surface area contributed by atoms with E-state index >= 15 is 0 Å². The number of carbonyl (C=O) groups excluding carboxylic acids is 1. The first-order valence-electron chi connectivity index (χ1n) is 5.71. The third-order valence-electron chi connectivity index (χ3n) is 3.11. The normalized spacial score (nSPS) is 18.4. The quantitative estimate of drug-likeness (QED) is 0.844. The highest BCUT2D eigenvalue weighted by atomic mass is 32.1. The van der Waals surface area contributed by atoms with Gasteiger partial charge in [0.25, 0.3) is 0 Å². The van der Waals surface area contributed by atoms with Gasteiger partial charge in [-0.2, -0.15) is 0 Å². The molecule has 1 aromatic rings. The van der Waals surface area contributed by atoms with E-state index in [1.54, 1.807) is 11.3 Å². The lowest BCUT2D eigenvalue weighted by Gasteiger charge is -2.33. The molecule has 1 aliphatic heterocycles. The van der Waals surface area contributed by atoms with E-state index in [9.17, 15) is 4.79 Å². The zero-order valence-electron chi connectivity index (χ0n) is 10.0. The van der Waals surface area contributed by atoms with Crippen molar-refractivity contribution >= 4 is 17.4 Å². The molecular weight excluding hydrogens is 220 g/mol. The second-order valence-corrected chi connectivity index (χ2v) is 5.78. The number of hydrogen-bond acceptors (Lipinski definition) is 2. The first-order valence-corrected chi connectivity index (χ1v) is 6.52. The molecule has 1 unspecified atom stereocenters. The van der Waals surface area contributed by atoms with Gasteiger partial charge in [0.2, 0.25) is 0 Å². The number of carbonyl (C=O) groups is 1. The van der Waals surface area contributed by atoms with Gasteiger partial charge in [0, 0.05) is 22.8 Å². The van der Waals surface area contributed by atoms with Gasteiger partial charge in [-0.1, -0.05) is 0 Å². The monoisotopic (exact) mass is 238 g/mol. The molecule has 2 rings (SSSR count). The van der Waals surface area contributed by atoms with Crippen molar-refractivity contribution in [3.05, 3.63) is 21.4 Å². The third kappa shape index (κ3) is 2.07. The van der Waals surface area contributed by atoms with Crippen LogP contribution in [0.4, 0.5) is 4.79 Å². The summed E-state index contributed by atoms with van der Waals surface area (Å²) in [6.07, 6.45) is 1.04. The Morgan fingerprint density at radius 3 is 2.81 bits per heavy atom. The predicted octanol–water partition coefficient (Wildman–Crippen LogP) is 2.84. The summed E-state index contributed by atoms with van der Waals surface area (Å²) < 4.78 is 0. The van der Waals surface area contributed by atoms with Crippen LogP contribution < -0.4 is 5.32 Å². The lowest BCUT2D eigenvalue weighted by Crippen LogP contribution is -2.47. The Labute approximate surface area is 100 Å². The first kappa shape index (κ1) is 11.5. The van der Waals surface area contributed by atoms with E-state index in [0.717, 1.165) is 19.5 Å². The highest BCUT2D eigenvalue weighted by Crippen LogP contribution is 2.30. The molecule has 1 atom stereocenters. The summed E-state index contributed by atoms with van der Waals surface area (Å²) in [5.41, 5.74) is 1.29. The Balaban J connectivity index is 2.20. The van der Waals surface area contributed by atoms with Crippen LogP contribution in [0, 0.1) is 13.8 Å². The Hall–Kier alpha value is -1.03. The molecule has 0 bridgehead atoms. The molecule has 0 aromatic carbocycles. The van der Waals surface area contributed by atoms with Crippen LogP contribution in [0.3, 0.4) is 0 Å². The Kier molecular flexibility index (Phi) is 3.19. The maximum absolute atomic E-state index is 11.7. The smallest absolute Gasteiger partial charge is 0.317 e. The van der Waals surface area contributed by atoms with Gasteiger partial charge in [0.05, 0.1) is 6.04 Å². The molecule has 0 aliphatic carbocycles. The number of nitrogens with one attached hydrogen (secondary N) is 1. The number of rotatable bonds is 2. The number of amides is 2.